The minimum atomic E-state index is -0.264. The highest BCUT2D eigenvalue weighted by molar-refractivity contribution is 5.90. The second kappa shape index (κ2) is 6.83. The molecule has 0 aliphatic heterocycles. The molecule has 3 rings (SSSR count). The van der Waals surface area contributed by atoms with Gasteiger partial charge in [-0.05, 0) is 47.9 Å². The number of hydrogen-bond donors (Lipinski definition) is 2. The first-order valence-electron chi connectivity index (χ1n) is 7.65. The highest BCUT2D eigenvalue weighted by atomic mass is 16.5. The summed E-state index contributed by atoms with van der Waals surface area (Å²) in [7, 11) is 3.20. The van der Waals surface area contributed by atoms with Crippen LogP contribution >= 0.6 is 0 Å². The lowest BCUT2D eigenvalue weighted by atomic mass is 9.77. The molecular formula is C15H20N6O3. The third-order valence-corrected chi connectivity index (χ3v) is 4.14. The molecule has 2 aromatic rings. The molecule has 0 bridgehead atoms. The van der Waals surface area contributed by atoms with Crippen molar-refractivity contribution in [2.24, 2.45) is 0 Å². The van der Waals surface area contributed by atoms with Gasteiger partial charge in [0.05, 0.1) is 19.3 Å². The average molecular weight is 332 g/mol. The number of methoxy groups -OCH3 is 2. The zero-order valence-electron chi connectivity index (χ0n) is 13.7. The number of urea groups is 1. The number of nitrogens with zero attached hydrogens (tertiary/aromatic N) is 4. The Balaban J connectivity index is 1.73. The SMILES string of the molecule is COCC1(NC(=O)Nc2ccc(OC)c(-n3cnnn3)c2)CCC1. The highest BCUT2D eigenvalue weighted by Gasteiger charge is 2.38. The second-order valence-electron chi connectivity index (χ2n) is 5.79. The van der Waals surface area contributed by atoms with E-state index in [0.717, 1.165) is 19.3 Å². The molecule has 0 spiro atoms. The Hall–Kier alpha value is -2.68. The molecule has 1 fully saturated rings. The number of nitrogens with one attached hydrogen (secondary N) is 2. The van der Waals surface area contributed by atoms with Gasteiger partial charge in [-0.3, -0.25) is 0 Å². The monoisotopic (exact) mass is 332 g/mol. The molecule has 1 aliphatic rings. The maximum Gasteiger partial charge on any atom is 0.319 e. The van der Waals surface area contributed by atoms with Crippen LogP contribution in [-0.2, 0) is 4.74 Å². The van der Waals surface area contributed by atoms with Gasteiger partial charge in [-0.25, -0.2) is 4.79 Å². The number of rotatable bonds is 6. The lowest BCUT2D eigenvalue weighted by Crippen LogP contribution is -2.57. The van der Waals surface area contributed by atoms with E-state index in [1.54, 1.807) is 32.4 Å². The summed E-state index contributed by atoms with van der Waals surface area (Å²) >= 11 is 0. The largest absolute Gasteiger partial charge is 0.494 e. The molecule has 2 amide bonds. The van der Waals surface area contributed by atoms with E-state index in [0.29, 0.717) is 23.7 Å². The summed E-state index contributed by atoms with van der Waals surface area (Å²) in [6.07, 6.45) is 4.40. The van der Waals surface area contributed by atoms with Gasteiger partial charge < -0.3 is 20.1 Å². The van der Waals surface area contributed by atoms with Gasteiger partial charge in [-0.2, -0.15) is 4.68 Å². The second-order valence-corrected chi connectivity index (χ2v) is 5.79. The third-order valence-electron chi connectivity index (χ3n) is 4.14. The van der Waals surface area contributed by atoms with Crippen LogP contribution in [0.2, 0.25) is 0 Å². The Morgan fingerprint density at radius 3 is 2.79 bits per heavy atom. The third kappa shape index (κ3) is 3.30. The van der Waals surface area contributed by atoms with E-state index in [9.17, 15) is 4.79 Å². The first-order valence-corrected chi connectivity index (χ1v) is 7.65. The Morgan fingerprint density at radius 2 is 2.21 bits per heavy atom. The highest BCUT2D eigenvalue weighted by Crippen LogP contribution is 2.32. The van der Waals surface area contributed by atoms with Crippen molar-refractivity contribution >= 4 is 11.7 Å². The predicted octanol–water partition coefficient (Wildman–Crippen LogP) is 1.36. The summed E-state index contributed by atoms with van der Waals surface area (Å²) in [5.41, 5.74) is 0.991. The topological polar surface area (TPSA) is 103 Å². The van der Waals surface area contributed by atoms with E-state index < -0.39 is 0 Å². The van der Waals surface area contributed by atoms with Crippen molar-refractivity contribution in [3.63, 3.8) is 0 Å². The van der Waals surface area contributed by atoms with E-state index in [-0.39, 0.29) is 11.6 Å². The van der Waals surface area contributed by atoms with Crippen molar-refractivity contribution in [3.8, 4) is 11.4 Å². The van der Waals surface area contributed by atoms with Gasteiger partial charge >= 0.3 is 6.03 Å². The molecule has 1 saturated carbocycles. The summed E-state index contributed by atoms with van der Waals surface area (Å²) in [6.45, 7) is 0.513. The number of anilines is 1. The van der Waals surface area contributed by atoms with Crippen LogP contribution in [0, 0.1) is 0 Å². The van der Waals surface area contributed by atoms with Gasteiger partial charge in [-0.15, -0.1) is 5.10 Å². The zero-order valence-corrected chi connectivity index (χ0v) is 13.7. The standard InChI is InChI=1S/C15H20N6O3/c1-23-9-15(6-3-7-15)18-14(22)17-11-4-5-13(24-2)12(8-11)21-10-16-19-20-21/h4-5,8,10H,3,6-7,9H2,1-2H3,(H2,17,18,22). The van der Waals surface area contributed by atoms with Gasteiger partial charge in [0.25, 0.3) is 0 Å². The fourth-order valence-electron chi connectivity index (χ4n) is 2.81. The maximum absolute atomic E-state index is 12.3. The predicted molar refractivity (Wildman–Crippen MR) is 86.3 cm³/mol. The van der Waals surface area contributed by atoms with Gasteiger partial charge in [0.15, 0.2) is 0 Å². The van der Waals surface area contributed by atoms with E-state index in [1.807, 2.05) is 0 Å². The zero-order chi connectivity index (χ0) is 17.0. The van der Waals surface area contributed by atoms with Crippen LogP contribution in [0.1, 0.15) is 19.3 Å². The van der Waals surface area contributed by atoms with E-state index in [1.165, 1.54) is 11.0 Å². The van der Waals surface area contributed by atoms with Gasteiger partial charge in [0.2, 0.25) is 0 Å². The van der Waals surface area contributed by atoms with Crippen LogP contribution in [0.25, 0.3) is 5.69 Å². The van der Waals surface area contributed by atoms with Crippen molar-refractivity contribution in [1.29, 1.82) is 0 Å². The molecule has 9 nitrogen and oxygen atoms in total. The molecule has 24 heavy (non-hydrogen) atoms. The van der Waals surface area contributed by atoms with Gasteiger partial charge in [0, 0.05) is 12.8 Å². The minimum Gasteiger partial charge on any atom is -0.494 e. The smallest absolute Gasteiger partial charge is 0.319 e. The number of aromatic nitrogens is 4. The Kier molecular flexibility index (Phi) is 4.61. The quantitative estimate of drug-likeness (QED) is 0.828. The molecule has 0 radical (unpaired) electrons. The van der Waals surface area contributed by atoms with Crippen molar-refractivity contribution in [1.82, 2.24) is 25.5 Å². The number of carbonyl (C=O) groups excluding carboxylic acids is 1. The number of ether oxygens (including phenoxy) is 2. The summed E-state index contributed by atoms with van der Waals surface area (Å²) in [6, 6.07) is 5.00. The fourth-order valence-corrected chi connectivity index (χ4v) is 2.81. The summed E-state index contributed by atoms with van der Waals surface area (Å²) < 4.78 is 12.0. The van der Waals surface area contributed by atoms with E-state index in [4.69, 9.17) is 9.47 Å². The summed E-state index contributed by atoms with van der Waals surface area (Å²) in [5.74, 6) is 0.600. The number of hydrogen-bond acceptors (Lipinski definition) is 6. The molecule has 1 aromatic carbocycles. The molecule has 128 valence electrons. The van der Waals surface area contributed by atoms with Crippen LogP contribution in [0.15, 0.2) is 24.5 Å². The lowest BCUT2D eigenvalue weighted by molar-refractivity contribution is 0.0648. The van der Waals surface area contributed by atoms with Crippen LogP contribution in [0.3, 0.4) is 0 Å². The van der Waals surface area contributed by atoms with Crippen molar-refractivity contribution < 1.29 is 14.3 Å². The molecule has 1 heterocycles. The Morgan fingerprint density at radius 1 is 1.38 bits per heavy atom. The van der Waals surface area contributed by atoms with Crippen LogP contribution in [0.4, 0.5) is 10.5 Å². The molecule has 1 aliphatic carbocycles. The first-order chi connectivity index (χ1) is 11.7. The molecule has 9 heteroatoms. The molecule has 0 unspecified atom stereocenters. The molecule has 0 atom stereocenters. The minimum absolute atomic E-state index is 0.260. The Bertz CT molecular complexity index is 699. The summed E-state index contributed by atoms with van der Waals surface area (Å²) in [5, 5.41) is 16.9. The summed E-state index contributed by atoms with van der Waals surface area (Å²) in [4.78, 5) is 12.3. The van der Waals surface area contributed by atoms with Gasteiger partial charge in [0.1, 0.15) is 17.8 Å². The van der Waals surface area contributed by atoms with Crippen LogP contribution in [0.5, 0.6) is 5.75 Å². The van der Waals surface area contributed by atoms with Crippen molar-refractivity contribution in [3.05, 3.63) is 24.5 Å². The molecule has 2 N–H and O–H groups in total. The van der Waals surface area contributed by atoms with Crippen molar-refractivity contribution in [2.75, 3.05) is 26.1 Å². The van der Waals surface area contributed by atoms with Crippen molar-refractivity contribution in [2.45, 2.75) is 24.8 Å². The van der Waals surface area contributed by atoms with Crippen LogP contribution in [-0.4, -0.2) is 52.6 Å². The fraction of sp³-hybridized carbons (Fsp3) is 0.467. The van der Waals surface area contributed by atoms with Crippen LogP contribution < -0.4 is 15.4 Å². The number of benzene rings is 1. The molecule has 1 aromatic heterocycles. The van der Waals surface area contributed by atoms with E-state index in [2.05, 4.69) is 26.2 Å². The van der Waals surface area contributed by atoms with Gasteiger partial charge in [-0.1, -0.05) is 0 Å². The molecular weight excluding hydrogens is 312 g/mol. The average Bonchev–Trinajstić information content (AvgIpc) is 3.07. The Labute approximate surface area is 139 Å². The maximum atomic E-state index is 12.3. The number of tetrazole rings is 1. The molecule has 0 saturated heterocycles. The number of amides is 2. The van der Waals surface area contributed by atoms with E-state index >= 15 is 0 Å². The first kappa shape index (κ1) is 16.2. The lowest BCUT2D eigenvalue weighted by Gasteiger charge is -2.41. The normalized spacial score (nSPS) is 15.4. The number of carbonyl (C=O) groups is 1.